The first-order chi connectivity index (χ1) is 10.0. The first-order valence-electron chi connectivity index (χ1n) is 6.66. The lowest BCUT2D eigenvalue weighted by Gasteiger charge is -2.22. The van der Waals surface area contributed by atoms with Crippen molar-refractivity contribution in [2.24, 2.45) is 0 Å². The van der Waals surface area contributed by atoms with Crippen LogP contribution in [-0.4, -0.2) is 6.54 Å². The Morgan fingerprint density at radius 2 is 1.81 bits per heavy atom. The van der Waals surface area contributed by atoms with Crippen LogP contribution in [0.15, 0.2) is 45.3 Å². The first kappa shape index (κ1) is 16.6. The van der Waals surface area contributed by atoms with Crippen LogP contribution in [0, 0.1) is 11.6 Å². The minimum atomic E-state index is -0.410. The van der Waals surface area contributed by atoms with E-state index in [9.17, 15) is 8.78 Å². The van der Waals surface area contributed by atoms with E-state index in [4.69, 9.17) is 0 Å². The van der Waals surface area contributed by atoms with Gasteiger partial charge in [0, 0.05) is 10.0 Å². The molecule has 0 aliphatic rings. The van der Waals surface area contributed by atoms with Gasteiger partial charge in [0.25, 0.3) is 0 Å². The Morgan fingerprint density at radius 1 is 1.05 bits per heavy atom. The maximum atomic E-state index is 14.4. The zero-order valence-corrected chi connectivity index (χ0v) is 14.6. The van der Waals surface area contributed by atoms with Crippen LogP contribution in [0.2, 0.25) is 0 Å². The Bertz CT molecular complexity index is 630. The summed E-state index contributed by atoms with van der Waals surface area (Å²) in [5, 5.41) is 3.28. The van der Waals surface area contributed by atoms with E-state index in [1.807, 2.05) is 6.92 Å². The van der Waals surface area contributed by atoms with Gasteiger partial charge in [-0.05, 0) is 58.7 Å². The van der Waals surface area contributed by atoms with Crippen molar-refractivity contribution in [3.8, 4) is 0 Å². The van der Waals surface area contributed by atoms with Crippen LogP contribution >= 0.6 is 31.9 Å². The van der Waals surface area contributed by atoms with E-state index in [0.717, 1.165) is 10.9 Å². The molecular weight excluding hydrogens is 404 g/mol. The topological polar surface area (TPSA) is 12.0 Å². The number of hydrogen-bond donors (Lipinski definition) is 1. The zero-order chi connectivity index (χ0) is 15.4. The predicted octanol–water partition coefficient (Wildman–Crippen LogP) is 5.58. The van der Waals surface area contributed by atoms with Gasteiger partial charge in [0.2, 0.25) is 0 Å². The fourth-order valence-corrected chi connectivity index (χ4v) is 3.01. The molecule has 1 atom stereocenters. The van der Waals surface area contributed by atoms with Crippen molar-refractivity contribution >= 4 is 31.9 Å². The van der Waals surface area contributed by atoms with Crippen LogP contribution in [0.25, 0.3) is 0 Å². The molecule has 0 radical (unpaired) electrons. The lowest BCUT2D eigenvalue weighted by Crippen LogP contribution is -2.24. The maximum Gasteiger partial charge on any atom is 0.142 e. The summed E-state index contributed by atoms with van der Waals surface area (Å²) in [6.45, 7) is 2.74. The maximum absolute atomic E-state index is 14.4. The fraction of sp³-hybridized carbons (Fsp3) is 0.250. The smallest absolute Gasteiger partial charge is 0.142 e. The minimum Gasteiger partial charge on any atom is -0.306 e. The zero-order valence-electron chi connectivity index (χ0n) is 11.5. The molecule has 112 valence electrons. The quantitative estimate of drug-likeness (QED) is 0.668. The molecule has 0 spiro atoms. The molecule has 0 saturated heterocycles. The van der Waals surface area contributed by atoms with Crippen molar-refractivity contribution in [1.82, 2.24) is 5.32 Å². The first-order valence-corrected chi connectivity index (χ1v) is 8.25. The van der Waals surface area contributed by atoms with Crippen LogP contribution in [0.3, 0.4) is 0 Å². The third-order valence-electron chi connectivity index (χ3n) is 3.16. The summed E-state index contributed by atoms with van der Waals surface area (Å²) < 4.78 is 29.1. The van der Waals surface area contributed by atoms with Gasteiger partial charge in [-0.15, -0.1) is 0 Å². The molecule has 1 nitrogen and oxygen atoms in total. The van der Waals surface area contributed by atoms with E-state index < -0.39 is 6.04 Å². The third kappa shape index (κ3) is 3.90. The standard InChI is InChI=1S/C16H15Br2F2N/c1-2-8-21-16(11-4-3-5-14(18)15(11)20)12-9-10(19)6-7-13(12)17/h3-7,9,16,21H,2,8H2,1H3. The summed E-state index contributed by atoms with van der Waals surface area (Å²) in [5.74, 6) is -0.672. The highest BCUT2D eigenvalue weighted by Crippen LogP contribution is 2.32. The second-order valence-corrected chi connectivity index (χ2v) is 6.40. The van der Waals surface area contributed by atoms with Crippen molar-refractivity contribution in [2.45, 2.75) is 19.4 Å². The van der Waals surface area contributed by atoms with Crippen LogP contribution in [0.5, 0.6) is 0 Å². The molecule has 1 unspecified atom stereocenters. The SMILES string of the molecule is CCCNC(c1cc(F)ccc1Br)c1cccc(Br)c1F. The van der Waals surface area contributed by atoms with Crippen LogP contribution in [-0.2, 0) is 0 Å². The van der Waals surface area contributed by atoms with E-state index in [-0.39, 0.29) is 11.6 Å². The van der Waals surface area contributed by atoms with Gasteiger partial charge in [0.05, 0.1) is 10.5 Å². The lowest BCUT2D eigenvalue weighted by atomic mass is 9.98. The summed E-state index contributed by atoms with van der Waals surface area (Å²) in [5.41, 5.74) is 1.17. The van der Waals surface area contributed by atoms with E-state index in [0.29, 0.717) is 22.1 Å². The number of nitrogens with one attached hydrogen (secondary N) is 1. The highest BCUT2D eigenvalue weighted by atomic mass is 79.9. The molecule has 2 aromatic rings. The molecule has 0 aromatic heterocycles. The van der Waals surface area contributed by atoms with Crippen molar-refractivity contribution in [2.75, 3.05) is 6.54 Å². The van der Waals surface area contributed by atoms with Gasteiger partial charge in [0.15, 0.2) is 0 Å². The molecule has 0 amide bonds. The van der Waals surface area contributed by atoms with Crippen molar-refractivity contribution < 1.29 is 8.78 Å². The van der Waals surface area contributed by atoms with Crippen LogP contribution in [0.1, 0.15) is 30.5 Å². The van der Waals surface area contributed by atoms with Gasteiger partial charge in [-0.3, -0.25) is 0 Å². The molecular formula is C16H15Br2F2N. The molecule has 0 bridgehead atoms. The molecule has 0 saturated carbocycles. The summed E-state index contributed by atoms with van der Waals surface area (Å²) in [4.78, 5) is 0. The van der Waals surface area contributed by atoms with Gasteiger partial charge in [-0.25, -0.2) is 8.78 Å². The number of benzene rings is 2. The number of rotatable bonds is 5. The summed E-state index contributed by atoms with van der Waals surface area (Å²) >= 11 is 6.62. The second-order valence-electron chi connectivity index (χ2n) is 4.70. The van der Waals surface area contributed by atoms with E-state index in [1.165, 1.54) is 12.1 Å². The van der Waals surface area contributed by atoms with E-state index in [1.54, 1.807) is 24.3 Å². The number of halogens is 4. The molecule has 0 heterocycles. The molecule has 1 N–H and O–H groups in total. The normalized spacial score (nSPS) is 12.4. The highest BCUT2D eigenvalue weighted by Gasteiger charge is 2.21. The lowest BCUT2D eigenvalue weighted by molar-refractivity contribution is 0.538. The van der Waals surface area contributed by atoms with Crippen LogP contribution < -0.4 is 5.32 Å². The van der Waals surface area contributed by atoms with Crippen LogP contribution in [0.4, 0.5) is 8.78 Å². The largest absolute Gasteiger partial charge is 0.306 e. The molecule has 0 fully saturated rings. The van der Waals surface area contributed by atoms with E-state index in [2.05, 4.69) is 37.2 Å². The summed E-state index contributed by atoms with van der Waals surface area (Å²) in [6, 6.07) is 9.17. The molecule has 0 aliphatic carbocycles. The van der Waals surface area contributed by atoms with Gasteiger partial charge in [-0.2, -0.15) is 0 Å². The second kappa shape index (κ2) is 7.47. The average molecular weight is 419 g/mol. The minimum absolute atomic E-state index is 0.331. The third-order valence-corrected chi connectivity index (χ3v) is 4.49. The Hall–Kier alpha value is -0.780. The fourth-order valence-electron chi connectivity index (χ4n) is 2.16. The molecule has 2 aromatic carbocycles. The molecule has 5 heteroatoms. The number of hydrogen-bond acceptors (Lipinski definition) is 1. The van der Waals surface area contributed by atoms with Crippen molar-refractivity contribution in [3.63, 3.8) is 0 Å². The summed E-state index contributed by atoms with van der Waals surface area (Å²) in [6.07, 6.45) is 0.902. The Labute approximate surface area is 140 Å². The highest BCUT2D eigenvalue weighted by molar-refractivity contribution is 9.10. The van der Waals surface area contributed by atoms with E-state index >= 15 is 0 Å². The van der Waals surface area contributed by atoms with Gasteiger partial charge < -0.3 is 5.32 Å². The van der Waals surface area contributed by atoms with Gasteiger partial charge in [0.1, 0.15) is 11.6 Å². The van der Waals surface area contributed by atoms with Gasteiger partial charge in [-0.1, -0.05) is 35.0 Å². The Kier molecular flexibility index (Phi) is 5.90. The molecule has 21 heavy (non-hydrogen) atoms. The van der Waals surface area contributed by atoms with Gasteiger partial charge >= 0.3 is 0 Å². The average Bonchev–Trinajstić information content (AvgIpc) is 2.47. The monoisotopic (exact) mass is 417 g/mol. The molecule has 0 aliphatic heterocycles. The molecule has 2 rings (SSSR count). The van der Waals surface area contributed by atoms with Crippen molar-refractivity contribution in [1.29, 1.82) is 0 Å². The predicted molar refractivity (Wildman–Crippen MR) is 88.3 cm³/mol. The summed E-state index contributed by atoms with van der Waals surface area (Å²) in [7, 11) is 0. The Morgan fingerprint density at radius 3 is 2.52 bits per heavy atom. The van der Waals surface area contributed by atoms with Crippen molar-refractivity contribution in [3.05, 3.63) is 68.1 Å². The Balaban J connectivity index is 2.52.